The Kier molecular flexibility index (Phi) is 6.39. The Bertz CT molecular complexity index is 705. The first-order valence-electron chi connectivity index (χ1n) is 9.48. The van der Waals surface area contributed by atoms with E-state index in [4.69, 9.17) is 9.26 Å². The lowest BCUT2D eigenvalue weighted by atomic mass is 9.97. The summed E-state index contributed by atoms with van der Waals surface area (Å²) in [5, 5.41) is 6.79. The number of carbonyl (C=O) groups excluding carboxylic acids is 1. The molecule has 1 amide bonds. The number of aromatic nitrogens is 2. The van der Waals surface area contributed by atoms with Gasteiger partial charge in [-0.2, -0.15) is 4.98 Å². The van der Waals surface area contributed by atoms with E-state index in [0.29, 0.717) is 11.7 Å². The lowest BCUT2D eigenvalue weighted by Crippen LogP contribution is -2.20. The standard InChI is InChI=1S/C20H27N3O3/c1-3-17(25-16-7-5-4-6-8-16)20-22-18(23-26-20)13-19(24)21-15-11-9-14(2)10-12-15/h9-12,16-17H,3-8,13H2,1-2H3,(H,21,24). The predicted molar refractivity (Wildman–Crippen MR) is 98.8 cm³/mol. The smallest absolute Gasteiger partial charge is 0.255 e. The first-order chi connectivity index (χ1) is 12.6. The Morgan fingerprint density at radius 3 is 2.69 bits per heavy atom. The van der Waals surface area contributed by atoms with Gasteiger partial charge in [-0.25, -0.2) is 0 Å². The summed E-state index contributed by atoms with van der Waals surface area (Å²) in [5.74, 6) is 0.689. The molecule has 0 aliphatic heterocycles. The number of nitrogens with one attached hydrogen (secondary N) is 1. The van der Waals surface area contributed by atoms with Crippen LogP contribution < -0.4 is 5.32 Å². The van der Waals surface area contributed by atoms with Crippen LogP contribution in [0.4, 0.5) is 5.69 Å². The molecule has 1 aliphatic carbocycles. The largest absolute Gasteiger partial charge is 0.365 e. The minimum absolute atomic E-state index is 0.0806. The van der Waals surface area contributed by atoms with Crippen LogP contribution in [0.2, 0.25) is 0 Å². The predicted octanol–water partition coefficient (Wildman–Crippen LogP) is 4.36. The highest BCUT2D eigenvalue weighted by Crippen LogP contribution is 2.28. The van der Waals surface area contributed by atoms with Crippen LogP contribution in [-0.2, 0) is 16.0 Å². The van der Waals surface area contributed by atoms with E-state index in [9.17, 15) is 4.79 Å². The fourth-order valence-corrected chi connectivity index (χ4v) is 3.22. The van der Waals surface area contributed by atoms with Crippen LogP contribution in [0.1, 0.15) is 68.8 Å². The highest BCUT2D eigenvalue weighted by Gasteiger charge is 2.24. The lowest BCUT2D eigenvalue weighted by Gasteiger charge is -2.25. The molecule has 0 saturated heterocycles. The summed E-state index contributed by atoms with van der Waals surface area (Å²) in [6.07, 6.45) is 6.84. The Balaban J connectivity index is 1.55. The van der Waals surface area contributed by atoms with Crippen LogP contribution in [-0.4, -0.2) is 22.2 Å². The van der Waals surface area contributed by atoms with Crippen molar-refractivity contribution in [2.24, 2.45) is 0 Å². The average Bonchev–Trinajstić information content (AvgIpc) is 3.10. The molecule has 1 fully saturated rings. The number of nitrogens with zero attached hydrogens (tertiary/aromatic N) is 2. The third-order valence-electron chi connectivity index (χ3n) is 4.69. The molecule has 1 atom stereocenters. The SMILES string of the molecule is CCC(OC1CCCCC1)c1nc(CC(=O)Nc2ccc(C)cc2)no1. The number of rotatable bonds is 7. The van der Waals surface area contributed by atoms with Gasteiger partial charge in [0.2, 0.25) is 5.91 Å². The van der Waals surface area contributed by atoms with Crippen molar-refractivity contribution < 1.29 is 14.1 Å². The molecule has 6 nitrogen and oxygen atoms in total. The fourth-order valence-electron chi connectivity index (χ4n) is 3.22. The van der Waals surface area contributed by atoms with E-state index in [2.05, 4.69) is 15.5 Å². The van der Waals surface area contributed by atoms with Crippen molar-refractivity contribution in [3.8, 4) is 0 Å². The second-order valence-corrected chi connectivity index (χ2v) is 6.93. The Morgan fingerprint density at radius 1 is 1.27 bits per heavy atom. The molecule has 0 spiro atoms. The first-order valence-corrected chi connectivity index (χ1v) is 9.48. The molecule has 3 rings (SSSR count). The number of amides is 1. The molecule has 1 N–H and O–H groups in total. The van der Waals surface area contributed by atoms with Crippen LogP contribution in [0.3, 0.4) is 0 Å². The highest BCUT2D eigenvalue weighted by atomic mass is 16.5. The maximum atomic E-state index is 12.2. The van der Waals surface area contributed by atoms with Gasteiger partial charge in [0, 0.05) is 5.69 Å². The summed E-state index contributed by atoms with van der Waals surface area (Å²) in [7, 11) is 0. The molecule has 0 bridgehead atoms. The molecule has 1 aromatic carbocycles. The van der Waals surface area contributed by atoms with Gasteiger partial charge in [-0.1, -0.05) is 49.0 Å². The second kappa shape index (κ2) is 8.94. The first kappa shape index (κ1) is 18.6. The Morgan fingerprint density at radius 2 is 2.00 bits per heavy atom. The van der Waals surface area contributed by atoms with Gasteiger partial charge in [-0.3, -0.25) is 4.79 Å². The quantitative estimate of drug-likeness (QED) is 0.796. The molecular formula is C20H27N3O3. The molecule has 0 radical (unpaired) electrons. The van der Waals surface area contributed by atoms with E-state index < -0.39 is 0 Å². The zero-order valence-corrected chi connectivity index (χ0v) is 15.5. The minimum Gasteiger partial charge on any atom is -0.365 e. The highest BCUT2D eigenvalue weighted by molar-refractivity contribution is 5.91. The average molecular weight is 357 g/mol. The molecule has 1 unspecified atom stereocenters. The third-order valence-corrected chi connectivity index (χ3v) is 4.69. The third kappa shape index (κ3) is 5.14. The minimum atomic E-state index is -0.195. The van der Waals surface area contributed by atoms with Gasteiger partial charge in [-0.15, -0.1) is 0 Å². The lowest BCUT2D eigenvalue weighted by molar-refractivity contribution is -0.115. The van der Waals surface area contributed by atoms with Crippen molar-refractivity contribution in [2.45, 2.75) is 71.0 Å². The summed E-state index contributed by atoms with van der Waals surface area (Å²) in [6, 6.07) is 7.66. The van der Waals surface area contributed by atoms with Crippen LogP contribution in [0.25, 0.3) is 0 Å². The van der Waals surface area contributed by atoms with Crippen molar-refractivity contribution in [3.05, 3.63) is 41.5 Å². The summed E-state index contributed by atoms with van der Waals surface area (Å²) in [6.45, 7) is 4.05. The monoisotopic (exact) mass is 357 g/mol. The van der Waals surface area contributed by atoms with Crippen molar-refractivity contribution >= 4 is 11.6 Å². The molecule has 1 saturated carbocycles. The van der Waals surface area contributed by atoms with E-state index >= 15 is 0 Å². The van der Waals surface area contributed by atoms with E-state index in [0.717, 1.165) is 30.5 Å². The van der Waals surface area contributed by atoms with Gasteiger partial charge in [-0.05, 0) is 38.3 Å². The zero-order valence-electron chi connectivity index (χ0n) is 15.5. The van der Waals surface area contributed by atoms with E-state index in [1.165, 1.54) is 19.3 Å². The van der Waals surface area contributed by atoms with Crippen molar-refractivity contribution in [1.82, 2.24) is 10.1 Å². The topological polar surface area (TPSA) is 77.2 Å². The molecule has 1 aromatic heterocycles. The molecule has 2 aromatic rings. The number of hydrogen-bond donors (Lipinski definition) is 1. The van der Waals surface area contributed by atoms with Crippen molar-refractivity contribution in [2.75, 3.05) is 5.32 Å². The molecule has 1 heterocycles. The summed E-state index contributed by atoms with van der Waals surface area (Å²) in [4.78, 5) is 16.5. The van der Waals surface area contributed by atoms with E-state index in [1.54, 1.807) is 0 Å². The zero-order chi connectivity index (χ0) is 18.4. The van der Waals surface area contributed by atoms with Gasteiger partial charge in [0.25, 0.3) is 5.89 Å². The van der Waals surface area contributed by atoms with Gasteiger partial charge >= 0.3 is 0 Å². The molecule has 26 heavy (non-hydrogen) atoms. The number of aryl methyl sites for hydroxylation is 1. The maximum Gasteiger partial charge on any atom is 0.255 e. The van der Waals surface area contributed by atoms with E-state index in [1.807, 2.05) is 38.1 Å². The van der Waals surface area contributed by atoms with Gasteiger partial charge < -0.3 is 14.6 Å². The number of carbonyl (C=O) groups is 1. The number of ether oxygens (including phenoxy) is 1. The molecular weight excluding hydrogens is 330 g/mol. The summed E-state index contributed by atoms with van der Waals surface area (Å²) in [5.41, 5.74) is 1.91. The number of hydrogen-bond acceptors (Lipinski definition) is 5. The van der Waals surface area contributed by atoms with E-state index in [-0.39, 0.29) is 24.5 Å². The maximum absolute atomic E-state index is 12.2. The van der Waals surface area contributed by atoms with Crippen molar-refractivity contribution in [1.29, 1.82) is 0 Å². The summed E-state index contributed by atoms with van der Waals surface area (Å²) < 4.78 is 11.5. The Labute approximate surface area is 154 Å². The van der Waals surface area contributed by atoms with Gasteiger partial charge in [0.05, 0.1) is 12.5 Å². The van der Waals surface area contributed by atoms with Crippen LogP contribution in [0.5, 0.6) is 0 Å². The van der Waals surface area contributed by atoms with Gasteiger partial charge in [0.15, 0.2) is 5.82 Å². The van der Waals surface area contributed by atoms with Gasteiger partial charge in [0.1, 0.15) is 6.10 Å². The summed E-state index contributed by atoms with van der Waals surface area (Å²) >= 11 is 0. The van der Waals surface area contributed by atoms with Crippen LogP contribution >= 0.6 is 0 Å². The number of anilines is 1. The molecule has 6 heteroatoms. The van der Waals surface area contributed by atoms with Crippen LogP contribution in [0.15, 0.2) is 28.8 Å². The second-order valence-electron chi connectivity index (χ2n) is 6.93. The van der Waals surface area contributed by atoms with Crippen molar-refractivity contribution in [3.63, 3.8) is 0 Å². The fraction of sp³-hybridized carbons (Fsp3) is 0.550. The molecule has 1 aliphatic rings. The Hall–Kier alpha value is -2.21. The number of benzene rings is 1. The normalized spacial score (nSPS) is 16.4. The van der Waals surface area contributed by atoms with Crippen LogP contribution in [0, 0.1) is 6.92 Å². The molecule has 140 valence electrons.